The summed E-state index contributed by atoms with van der Waals surface area (Å²) in [5, 5.41) is 0. The Morgan fingerprint density at radius 3 is 2.67 bits per heavy atom. The summed E-state index contributed by atoms with van der Waals surface area (Å²) in [7, 11) is 3.98. The summed E-state index contributed by atoms with van der Waals surface area (Å²) < 4.78 is 5.21. The summed E-state index contributed by atoms with van der Waals surface area (Å²) in [4.78, 5) is 2.46. The van der Waals surface area contributed by atoms with Crippen LogP contribution < -0.4 is 5.73 Å². The number of nitrogens with two attached hydrogens (primary N) is 1. The summed E-state index contributed by atoms with van der Waals surface area (Å²) in [6, 6.07) is 1.15. The molecule has 2 N–H and O–H groups in total. The Balaban J connectivity index is 2.50. The molecule has 0 aromatic carbocycles. The van der Waals surface area contributed by atoms with E-state index in [-0.39, 0.29) is 0 Å². The fourth-order valence-electron chi connectivity index (χ4n) is 2.68. The van der Waals surface area contributed by atoms with E-state index < -0.39 is 0 Å². The third-order valence-corrected chi connectivity index (χ3v) is 3.80. The van der Waals surface area contributed by atoms with E-state index in [1.165, 1.54) is 25.7 Å². The lowest BCUT2D eigenvalue weighted by molar-refractivity contribution is 0.0522. The van der Waals surface area contributed by atoms with Crippen LogP contribution in [0.4, 0.5) is 0 Å². The molecule has 3 nitrogen and oxygen atoms in total. The molecule has 0 amide bonds. The van der Waals surface area contributed by atoms with Gasteiger partial charge in [-0.1, -0.05) is 12.8 Å². The fraction of sp³-hybridized carbons (Fsp3) is 1.00. The van der Waals surface area contributed by atoms with Gasteiger partial charge in [0.05, 0.1) is 6.61 Å². The topological polar surface area (TPSA) is 38.5 Å². The fourth-order valence-corrected chi connectivity index (χ4v) is 2.68. The molecule has 1 rings (SSSR count). The standard InChI is InChI=1S/C12H26N2O/c1-10(9-15-3)14(2)12-7-5-4-6-11(12)8-13/h10-12H,4-9,13H2,1-3H3. The highest BCUT2D eigenvalue weighted by Crippen LogP contribution is 2.28. The molecule has 15 heavy (non-hydrogen) atoms. The second kappa shape index (κ2) is 6.46. The van der Waals surface area contributed by atoms with Crippen molar-refractivity contribution >= 4 is 0 Å². The van der Waals surface area contributed by atoms with Crippen LogP contribution in [-0.4, -0.2) is 44.3 Å². The van der Waals surface area contributed by atoms with Gasteiger partial charge in [0, 0.05) is 19.2 Å². The van der Waals surface area contributed by atoms with Crippen molar-refractivity contribution in [3.8, 4) is 0 Å². The van der Waals surface area contributed by atoms with E-state index in [1.807, 2.05) is 0 Å². The van der Waals surface area contributed by atoms with Crippen molar-refractivity contribution in [1.29, 1.82) is 0 Å². The maximum atomic E-state index is 5.85. The molecule has 0 radical (unpaired) electrons. The van der Waals surface area contributed by atoms with Crippen molar-refractivity contribution in [1.82, 2.24) is 4.90 Å². The van der Waals surface area contributed by atoms with E-state index in [0.717, 1.165) is 13.2 Å². The molecule has 0 saturated heterocycles. The van der Waals surface area contributed by atoms with Crippen molar-refractivity contribution in [2.24, 2.45) is 11.7 Å². The maximum Gasteiger partial charge on any atom is 0.0615 e. The minimum absolute atomic E-state index is 0.493. The van der Waals surface area contributed by atoms with E-state index in [2.05, 4.69) is 18.9 Å². The molecule has 3 atom stereocenters. The summed E-state index contributed by atoms with van der Waals surface area (Å²) in [6.45, 7) is 3.87. The number of ether oxygens (including phenoxy) is 1. The number of hydrogen-bond acceptors (Lipinski definition) is 3. The molecule has 3 heteroatoms. The molecule has 0 aliphatic heterocycles. The summed E-state index contributed by atoms with van der Waals surface area (Å²) in [5.74, 6) is 0.683. The van der Waals surface area contributed by atoms with Gasteiger partial charge in [-0.2, -0.15) is 0 Å². The van der Waals surface area contributed by atoms with Crippen LogP contribution in [0.5, 0.6) is 0 Å². The highest BCUT2D eigenvalue weighted by molar-refractivity contribution is 4.84. The van der Waals surface area contributed by atoms with Crippen LogP contribution in [0.15, 0.2) is 0 Å². The lowest BCUT2D eigenvalue weighted by atomic mass is 9.83. The van der Waals surface area contributed by atoms with Crippen LogP contribution in [0.1, 0.15) is 32.6 Å². The van der Waals surface area contributed by atoms with Crippen LogP contribution in [0.25, 0.3) is 0 Å². The van der Waals surface area contributed by atoms with Gasteiger partial charge in [-0.3, -0.25) is 4.90 Å². The average Bonchev–Trinajstić information content (AvgIpc) is 2.28. The summed E-state index contributed by atoms with van der Waals surface area (Å²) in [6.07, 6.45) is 5.30. The maximum absolute atomic E-state index is 5.85. The minimum atomic E-state index is 0.493. The first-order chi connectivity index (χ1) is 7.20. The van der Waals surface area contributed by atoms with Crippen LogP contribution in [0.3, 0.4) is 0 Å². The Morgan fingerprint density at radius 1 is 1.40 bits per heavy atom. The molecule has 0 heterocycles. The van der Waals surface area contributed by atoms with Gasteiger partial charge in [0.25, 0.3) is 0 Å². The van der Waals surface area contributed by atoms with Crippen molar-refractivity contribution in [3.63, 3.8) is 0 Å². The van der Waals surface area contributed by atoms with Gasteiger partial charge >= 0.3 is 0 Å². The van der Waals surface area contributed by atoms with Crippen LogP contribution in [0.2, 0.25) is 0 Å². The number of methoxy groups -OCH3 is 1. The largest absolute Gasteiger partial charge is 0.383 e. The molecule has 0 aromatic rings. The number of rotatable bonds is 5. The normalized spacial score (nSPS) is 29.4. The summed E-state index contributed by atoms with van der Waals surface area (Å²) >= 11 is 0. The van der Waals surface area contributed by atoms with Crippen molar-refractivity contribution < 1.29 is 4.74 Å². The van der Waals surface area contributed by atoms with Crippen molar-refractivity contribution in [2.75, 3.05) is 27.3 Å². The monoisotopic (exact) mass is 214 g/mol. The Kier molecular flexibility index (Phi) is 5.58. The Bertz CT molecular complexity index is 175. The highest BCUT2D eigenvalue weighted by atomic mass is 16.5. The molecule has 1 aliphatic carbocycles. The number of hydrogen-bond donors (Lipinski definition) is 1. The molecular weight excluding hydrogens is 188 g/mol. The van der Waals surface area contributed by atoms with Gasteiger partial charge in [-0.05, 0) is 39.3 Å². The Hall–Kier alpha value is -0.120. The predicted octanol–water partition coefficient (Wildman–Crippen LogP) is 1.47. The molecule has 0 aromatic heterocycles. The van der Waals surface area contributed by atoms with Gasteiger partial charge < -0.3 is 10.5 Å². The predicted molar refractivity (Wildman–Crippen MR) is 63.9 cm³/mol. The molecular formula is C12H26N2O. The van der Waals surface area contributed by atoms with Crippen LogP contribution >= 0.6 is 0 Å². The molecule has 0 spiro atoms. The minimum Gasteiger partial charge on any atom is -0.383 e. The second-order valence-electron chi connectivity index (χ2n) is 4.82. The van der Waals surface area contributed by atoms with E-state index in [1.54, 1.807) is 7.11 Å². The molecule has 1 aliphatic rings. The summed E-state index contributed by atoms with van der Waals surface area (Å²) in [5.41, 5.74) is 5.85. The Labute approximate surface area is 94.0 Å². The van der Waals surface area contributed by atoms with E-state index in [9.17, 15) is 0 Å². The number of nitrogens with zero attached hydrogens (tertiary/aromatic N) is 1. The Morgan fingerprint density at radius 2 is 2.07 bits per heavy atom. The van der Waals surface area contributed by atoms with Gasteiger partial charge in [-0.25, -0.2) is 0 Å². The van der Waals surface area contributed by atoms with E-state index in [4.69, 9.17) is 10.5 Å². The SMILES string of the molecule is COCC(C)N(C)C1CCCCC1CN. The quantitative estimate of drug-likeness (QED) is 0.753. The van der Waals surface area contributed by atoms with Crippen molar-refractivity contribution in [3.05, 3.63) is 0 Å². The number of likely N-dealkylation sites (N-methyl/N-ethyl adjacent to an activating group) is 1. The average molecular weight is 214 g/mol. The molecule has 3 unspecified atom stereocenters. The first-order valence-electron chi connectivity index (χ1n) is 6.11. The third-order valence-electron chi connectivity index (χ3n) is 3.80. The molecule has 90 valence electrons. The first kappa shape index (κ1) is 12.9. The lowest BCUT2D eigenvalue weighted by Crippen LogP contribution is -2.48. The zero-order valence-electron chi connectivity index (χ0n) is 10.4. The van der Waals surface area contributed by atoms with Gasteiger partial charge in [0.2, 0.25) is 0 Å². The van der Waals surface area contributed by atoms with Gasteiger partial charge in [0.15, 0.2) is 0 Å². The first-order valence-corrected chi connectivity index (χ1v) is 6.11. The zero-order valence-corrected chi connectivity index (χ0v) is 10.4. The van der Waals surface area contributed by atoms with Crippen LogP contribution in [-0.2, 0) is 4.74 Å². The second-order valence-corrected chi connectivity index (χ2v) is 4.82. The van der Waals surface area contributed by atoms with Crippen LogP contribution in [0, 0.1) is 5.92 Å². The smallest absolute Gasteiger partial charge is 0.0615 e. The lowest BCUT2D eigenvalue weighted by Gasteiger charge is -2.40. The van der Waals surface area contributed by atoms with Gasteiger partial charge in [0.1, 0.15) is 0 Å². The highest BCUT2D eigenvalue weighted by Gasteiger charge is 2.29. The molecule has 1 saturated carbocycles. The van der Waals surface area contributed by atoms with Gasteiger partial charge in [-0.15, -0.1) is 0 Å². The molecule has 1 fully saturated rings. The molecule has 0 bridgehead atoms. The van der Waals surface area contributed by atoms with Crippen molar-refractivity contribution in [2.45, 2.75) is 44.7 Å². The van der Waals surface area contributed by atoms with E-state index >= 15 is 0 Å². The third kappa shape index (κ3) is 3.44. The zero-order chi connectivity index (χ0) is 11.3. The van der Waals surface area contributed by atoms with E-state index in [0.29, 0.717) is 18.0 Å².